The molecule has 1 aromatic rings. The van der Waals surface area contributed by atoms with Gasteiger partial charge in [0.25, 0.3) is 11.8 Å². The third-order valence-corrected chi connectivity index (χ3v) is 9.61. The minimum atomic E-state index is -1.87. The lowest BCUT2D eigenvalue weighted by Crippen LogP contribution is -2.43. The molecule has 1 saturated carbocycles. The lowest BCUT2D eigenvalue weighted by Gasteiger charge is -2.36. The molecule has 5 heteroatoms. The molecule has 0 spiro atoms. The second-order valence-corrected chi connectivity index (χ2v) is 12.5. The molecule has 1 aliphatic heterocycles. The van der Waals surface area contributed by atoms with Crippen LogP contribution in [0.5, 0.6) is 0 Å². The molecule has 118 valence electrons. The van der Waals surface area contributed by atoms with Gasteiger partial charge in [-0.2, -0.15) is 0 Å². The summed E-state index contributed by atoms with van der Waals surface area (Å²) >= 11 is 0. The Kier molecular flexibility index (Phi) is 3.34. The first-order valence-corrected chi connectivity index (χ1v) is 10.7. The first-order valence-electron chi connectivity index (χ1n) is 7.78. The number of hydrogen-bond donors (Lipinski definition) is 0. The van der Waals surface area contributed by atoms with Crippen LogP contribution in [0.3, 0.4) is 0 Å². The molecule has 2 amide bonds. The molecule has 2 aliphatic rings. The van der Waals surface area contributed by atoms with Gasteiger partial charge in [0.05, 0.1) is 23.3 Å². The summed E-state index contributed by atoms with van der Waals surface area (Å²) in [6.07, 6.45) is 0.765. The van der Waals surface area contributed by atoms with Crippen molar-refractivity contribution in [3.8, 4) is 0 Å². The molecule has 1 heterocycles. The minimum Gasteiger partial charge on any atom is -0.412 e. The summed E-state index contributed by atoms with van der Waals surface area (Å²) in [5, 5.41) is 0.127. The quantitative estimate of drug-likeness (QED) is 0.634. The molecular formula is C17H23NO3Si. The molecule has 3 rings (SSSR count). The van der Waals surface area contributed by atoms with Gasteiger partial charge in [-0.05, 0) is 36.7 Å². The van der Waals surface area contributed by atoms with Gasteiger partial charge < -0.3 is 4.43 Å². The number of amides is 2. The van der Waals surface area contributed by atoms with Crippen molar-refractivity contribution in [2.24, 2.45) is 0 Å². The van der Waals surface area contributed by atoms with E-state index in [1.54, 1.807) is 24.3 Å². The Labute approximate surface area is 132 Å². The molecule has 0 bridgehead atoms. The topological polar surface area (TPSA) is 46.6 Å². The van der Waals surface area contributed by atoms with Crippen molar-refractivity contribution in [2.75, 3.05) is 0 Å². The Morgan fingerprint density at radius 3 is 2.05 bits per heavy atom. The molecule has 22 heavy (non-hydrogen) atoms. The van der Waals surface area contributed by atoms with Gasteiger partial charge in [-0.15, -0.1) is 0 Å². The van der Waals surface area contributed by atoms with Gasteiger partial charge in [-0.3, -0.25) is 14.5 Å². The molecule has 0 saturated heterocycles. The normalized spacial score (nSPS) is 24.7. The Bertz CT molecular complexity index is 613. The van der Waals surface area contributed by atoms with Gasteiger partial charge in [0.1, 0.15) is 0 Å². The molecular weight excluding hydrogens is 294 g/mol. The molecule has 1 fully saturated rings. The maximum atomic E-state index is 12.5. The number of nitrogens with zero attached hydrogens (tertiary/aromatic N) is 1. The van der Waals surface area contributed by atoms with Crippen LogP contribution >= 0.6 is 0 Å². The fraction of sp³-hybridized carbons (Fsp3) is 0.529. The van der Waals surface area contributed by atoms with Crippen molar-refractivity contribution in [1.29, 1.82) is 0 Å². The lowest BCUT2D eigenvalue weighted by molar-refractivity contribution is 0.0616. The number of fused-ring (bicyclic) bond motifs is 1. The van der Waals surface area contributed by atoms with E-state index in [-0.39, 0.29) is 29.0 Å². The van der Waals surface area contributed by atoms with Gasteiger partial charge in [-0.1, -0.05) is 32.9 Å². The Hall–Kier alpha value is -1.46. The number of carbonyl (C=O) groups is 2. The van der Waals surface area contributed by atoms with E-state index in [4.69, 9.17) is 4.43 Å². The Morgan fingerprint density at radius 2 is 1.59 bits per heavy atom. The third-order valence-electron chi connectivity index (χ3n) is 5.11. The molecule has 0 aromatic heterocycles. The number of rotatable bonds is 3. The fourth-order valence-corrected chi connectivity index (χ4v) is 3.99. The van der Waals surface area contributed by atoms with Crippen molar-refractivity contribution in [2.45, 2.75) is 57.5 Å². The maximum Gasteiger partial charge on any atom is 0.261 e. The molecule has 0 N–H and O–H groups in total. The molecule has 2 unspecified atom stereocenters. The zero-order valence-corrected chi connectivity index (χ0v) is 14.8. The van der Waals surface area contributed by atoms with E-state index in [1.807, 2.05) is 0 Å². The molecule has 0 radical (unpaired) electrons. The number of imide groups is 1. The first kappa shape index (κ1) is 15.4. The SMILES string of the molecule is CC(C)(C)[Si](C)(C)OC1CC1N1C(=O)c2ccccc2C1=O. The predicted octanol–water partition coefficient (Wildman–Crippen LogP) is 3.45. The van der Waals surface area contributed by atoms with Crippen LogP contribution in [0.2, 0.25) is 18.1 Å². The number of benzene rings is 1. The van der Waals surface area contributed by atoms with Crippen LogP contribution in [0.15, 0.2) is 24.3 Å². The fourth-order valence-electron chi connectivity index (χ4n) is 2.62. The second-order valence-electron chi connectivity index (χ2n) is 7.75. The molecule has 2 atom stereocenters. The number of hydrogen-bond acceptors (Lipinski definition) is 3. The summed E-state index contributed by atoms with van der Waals surface area (Å²) in [6, 6.07) is 6.94. The van der Waals surface area contributed by atoms with E-state index in [0.717, 1.165) is 6.42 Å². The molecule has 1 aliphatic carbocycles. The lowest BCUT2D eigenvalue weighted by atomic mass is 10.1. The maximum absolute atomic E-state index is 12.5. The van der Waals surface area contributed by atoms with Crippen molar-refractivity contribution >= 4 is 20.1 Å². The summed E-state index contributed by atoms with van der Waals surface area (Å²) < 4.78 is 6.33. The largest absolute Gasteiger partial charge is 0.412 e. The average Bonchev–Trinajstić information content (AvgIpc) is 3.09. The van der Waals surface area contributed by atoms with Crippen LogP contribution in [0.1, 0.15) is 47.9 Å². The summed E-state index contributed by atoms with van der Waals surface area (Å²) in [5.41, 5.74) is 1.04. The Morgan fingerprint density at radius 1 is 1.09 bits per heavy atom. The zero-order chi connectivity index (χ0) is 16.3. The van der Waals surface area contributed by atoms with E-state index >= 15 is 0 Å². The summed E-state index contributed by atoms with van der Waals surface area (Å²) in [5.74, 6) is -0.348. The highest BCUT2D eigenvalue weighted by Gasteiger charge is 2.54. The first-order chi connectivity index (χ1) is 10.1. The van der Waals surface area contributed by atoms with Crippen LogP contribution in [0, 0.1) is 0 Å². The summed E-state index contributed by atoms with van der Waals surface area (Å²) in [7, 11) is -1.87. The molecule has 1 aromatic carbocycles. The third kappa shape index (κ3) is 2.32. The monoisotopic (exact) mass is 317 g/mol. The van der Waals surface area contributed by atoms with Gasteiger partial charge in [-0.25, -0.2) is 0 Å². The van der Waals surface area contributed by atoms with E-state index < -0.39 is 8.32 Å². The van der Waals surface area contributed by atoms with E-state index in [1.165, 1.54) is 4.90 Å². The smallest absolute Gasteiger partial charge is 0.261 e. The summed E-state index contributed by atoms with van der Waals surface area (Å²) in [6.45, 7) is 11.0. The highest BCUT2D eigenvalue weighted by molar-refractivity contribution is 6.74. The highest BCUT2D eigenvalue weighted by atomic mass is 28.4. The molecule has 4 nitrogen and oxygen atoms in total. The van der Waals surface area contributed by atoms with Gasteiger partial charge >= 0.3 is 0 Å². The number of carbonyl (C=O) groups excluding carboxylic acids is 2. The van der Waals surface area contributed by atoms with Crippen molar-refractivity contribution in [1.82, 2.24) is 4.90 Å². The summed E-state index contributed by atoms with van der Waals surface area (Å²) in [4.78, 5) is 26.3. The van der Waals surface area contributed by atoms with Crippen molar-refractivity contribution < 1.29 is 14.0 Å². The van der Waals surface area contributed by atoms with Gasteiger partial charge in [0.15, 0.2) is 8.32 Å². The van der Waals surface area contributed by atoms with Crippen LogP contribution in [0.25, 0.3) is 0 Å². The average molecular weight is 317 g/mol. The Balaban J connectivity index is 1.74. The van der Waals surface area contributed by atoms with Gasteiger partial charge in [0, 0.05) is 0 Å². The van der Waals surface area contributed by atoms with Crippen molar-refractivity contribution in [3.63, 3.8) is 0 Å². The van der Waals surface area contributed by atoms with Crippen LogP contribution < -0.4 is 0 Å². The predicted molar refractivity (Wildman–Crippen MR) is 87.4 cm³/mol. The zero-order valence-electron chi connectivity index (χ0n) is 13.8. The van der Waals surface area contributed by atoms with E-state index in [9.17, 15) is 9.59 Å². The highest BCUT2D eigenvalue weighted by Crippen LogP contribution is 2.44. The van der Waals surface area contributed by atoms with Gasteiger partial charge in [0.2, 0.25) is 0 Å². The van der Waals surface area contributed by atoms with E-state index in [0.29, 0.717) is 11.1 Å². The second kappa shape index (κ2) is 4.76. The van der Waals surface area contributed by atoms with Crippen LogP contribution in [-0.4, -0.2) is 37.2 Å². The minimum absolute atomic E-state index is 0.00287. The van der Waals surface area contributed by atoms with E-state index in [2.05, 4.69) is 33.9 Å². The standard InChI is InChI=1S/C17H23NO3Si/c1-17(2,3)22(4,5)21-14-10-13(14)18-15(19)11-8-6-7-9-12(11)16(18)20/h6-9,13-14H,10H2,1-5H3. The van der Waals surface area contributed by atoms with Crippen LogP contribution in [-0.2, 0) is 4.43 Å². The van der Waals surface area contributed by atoms with Crippen LogP contribution in [0.4, 0.5) is 0 Å². The van der Waals surface area contributed by atoms with Crippen molar-refractivity contribution in [3.05, 3.63) is 35.4 Å².